The monoisotopic (exact) mass is 449 g/mol. The highest BCUT2D eigenvalue weighted by Gasteiger charge is 2.33. The number of alkyl halides is 3. The molecule has 0 atom stereocenters. The SMILES string of the molecule is O=C(NC(=Nc1cc(C(F)(F)F)[nH]n1)Nc1ccc(F)cc1C1CC1)c1cccc(F)c1. The lowest BCUT2D eigenvalue weighted by Gasteiger charge is -2.14. The van der Waals surface area contributed by atoms with Gasteiger partial charge >= 0.3 is 6.18 Å². The molecule has 1 aliphatic carbocycles. The summed E-state index contributed by atoms with van der Waals surface area (Å²) in [5, 5.41) is 10.6. The van der Waals surface area contributed by atoms with Crippen molar-refractivity contribution < 1.29 is 26.7 Å². The van der Waals surface area contributed by atoms with Crippen LogP contribution in [-0.4, -0.2) is 22.1 Å². The summed E-state index contributed by atoms with van der Waals surface area (Å²) in [4.78, 5) is 16.5. The van der Waals surface area contributed by atoms with Gasteiger partial charge in [-0.2, -0.15) is 23.3 Å². The van der Waals surface area contributed by atoms with Crippen molar-refractivity contribution in [2.24, 2.45) is 4.99 Å². The minimum atomic E-state index is -4.66. The van der Waals surface area contributed by atoms with Crippen LogP contribution in [0.3, 0.4) is 0 Å². The molecule has 1 amide bonds. The van der Waals surface area contributed by atoms with E-state index in [2.05, 4.69) is 20.7 Å². The van der Waals surface area contributed by atoms with E-state index in [1.165, 1.54) is 30.3 Å². The van der Waals surface area contributed by atoms with Crippen LogP contribution in [0.2, 0.25) is 0 Å². The van der Waals surface area contributed by atoms with Crippen LogP contribution in [0.1, 0.15) is 40.4 Å². The van der Waals surface area contributed by atoms with Gasteiger partial charge < -0.3 is 5.32 Å². The number of guanidine groups is 1. The number of H-pyrrole nitrogens is 1. The summed E-state index contributed by atoms with van der Waals surface area (Å²) >= 11 is 0. The number of hydrogen-bond donors (Lipinski definition) is 3. The summed E-state index contributed by atoms with van der Waals surface area (Å²) in [5.41, 5.74) is -0.0685. The van der Waals surface area contributed by atoms with E-state index < -0.39 is 29.4 Å². The molecule has 0 bridgehead atoms. The maximum atomic E-state index is 13.7. The van der Waals surface area contributed by atoms with Crippen molar-refractivity contribution in [3.8, 4) is 0 Å². The number of carbonyl (C=O) groups excluding carboxylic acids is 1. The first kappa shape index (κ1) is 21.5. The van der Waals surface area contributed by atoms with Crippen LogP contribution in [0.4, 0.5) is 33.5 Å². The molecular formula is C21H16F5N5O. The first-order valence-electron chi connectivity index (χ1n) is 9.54. The molecule has 3 aromatic rings. The van der Waals surface area contributed by atoms with Crippen LogP contribution in [0.5, 0.6) is 0 Å². The Bertz CT molecular complexity index is 1180. The van der Waals surface area contributed by atoms with E-state index in [1.807, 2.05) is 5.10 Å². The number of benzene rings is 2. The molecule has 11 heteroatoms. The molecule has 3 N–H and O–H groups in total. The summed E-state index contributed by atoms with van der Waals surface area (Å²) in [6, 6.07) is 9.52. The molecule has 0 aliphatic heterocycles. The van der Waals surface area contributed by atoms with Gasteiger partial charge in [-0.1, -0.05) is 6.07 Å². The highest BCUT2D eigenvalue weighted by Crippen LogP contribution is 2.43. The van der Waals surface area contributed by atoms with E-state index in [0.29, 0.717) is 17.3 Å². The maximum Gasteiger partial charge on any atom is 0.432 e. The lowest BCUT2D eigenvalue weighted by molar-refractivity contribution is -0.141. The van der Waals surface area contributed by atoms with E-state index in [0.717, 1.165) is 25.0 Å². The largest absolute Gasteiger partial charge is 0.432 e. The van der Waals surface area contributed by atoms with Crippen molar-refractivity contribution in [1.82, 2.24) is 15.5 Å². The van der Waals surface area contributed by atoms with Crippen molar-refractivity contribution in [2.75, 3.05) is 5.32 Å². The van der Waals surface area contributed by atoms with E-state index in [9.17, 15) is 26.7 Å². The summed E-state index contributed by atoms with van der Waals surface area (Å²) in [7, 11) is 0. The van der Waals surface area contributed by atoms with Crippen LogP contribution in [-0.2, 0) is 6.18 Å². The molecule has 32 heavy (non-hydrogen) atoms. The van der Waals surface area contributed by atoms with Gasteiger partial charge in [0.2, 0.25) is 5.96 Å². The molecule has 0 radical (unpaired) electrons. The fourth-order valence-electron chi connectivity index (χ4n) is 3.03. The number of aliphatic imine (C=N–C) groups is 1. The summed E-state index contributed by atoms with van der Waals surface area (Å²) in [6.45, 7) is 0. The Morgan fingerprint density at radius 3 is 2.47 bits per heavy atom. The van der Waals surface area contributed by atoms with Gasteiger partial charge in [0.05, 0.1) is 0 Å². The van der Waals surface area contributed by atoms with Gasteiger partial charge in [-0.15, -0.1) is 0 Å². The molecule has 0 saturated heterocycles. The van der Waals surface area contributed by atoms with Crippen molar-refractivity contribution in [2.45, 2.75) is 24.9 Å². The van der Waals surface area contributed by atoms with E-state index >= 15 is 0 Å². The summed E-state index contributed by atoms with van der Waals surface area (Å²) in [5.74, 6) is -2.32. The molecule has 1 aromatic heterocycles. The van der Waals surface area contributed by atoms with Gasteiger partial charge in [0, 0.05) is 17.3 Å². The Labute approximate surface area is 178 Å². The number of aromatic nitrogens is 2. The van der Waals surface area contributed by atoms with E-state index in [1.54, 1.807) is 0 Å². The third-order valence-corrected chi connectivity index (χ3v) is 4.70. The van der Waals surface area contributed by atoms with Gasteiger partial charge in [0.25, 0.3) is 5.91 Å². The van der Waals surface area contributed by atoms with E-state index in [4.69, 9.17) is 0 Å². The normalized spacial score (nSPS) is 14.3. The number of aromatic amines is 1. The number of carbonyl (C=O) groups is 1. The minimum absolute atomic E-state index is 0.0287. The molecule has 1 saturated carbocycles. The zero-order valence-electron chi connectivity index (χ0n) is 16.3. The molecular weight excluding hydrogens is 433 g/mol. The molecule has 1 aliphatic rings. The molecule has 6 nitrogen and oxygen atoms in total. The molecule has 2 aromatic carbocycles. The van der Waals surface area contributed by atoms with Crippen molar-refractivity contribution >= 4 is 23.4 Å². The van der Waals surface area contributed by atoms with Crippen LogP contribution in [0.25, 0.3) is 0 Å². The van der Waals surface area contributed by atoms with Crippen molar-refractivity contribution in [1.29, 1.82) is 0 Å². The third kappa shape index (κ3) is 5.10. The fraction of sp³-hybridized carbons (Fsp3) is 0.190. The van der Waals surface area contributed by atoms with Gasteiger partial charge in [-0.05, 0) is 60.7 Å². The van der Waals surface area contributed by atoms with Gasteiger partial charge in [-0.25, -0.2) is 8.78 Å². The second kappa shape index (κ2) is 8.40. The van der Waals surface area contributed by atoms with Crippen LogP contribution in [0.15, 0.2) is 53.5 Å². The predicted molar refractivity (Wildman–Crippen MR) is 107 cm³/mol. The van der Waals surface area contributed by atoms with Crippen molar-refractivity contribution in [3.63, 3.8) is 0 Å². The Morgan fingerprint density at radius 1 is 1.06 bits per heavy atom. The number of rotatable bonds is 4. The van der Waals surface area contributed by atoms with Gasteiger partial charge in [-0.3, -0.25) is 15.2 Å². The lowest BCUT2D eigenvalue weighted by atomic mass is 10.1. The molecule has 1 heterocycles. The standard InChI is InChI=1S/C21H16F5N5O/c22-13-3-1-2-12(8-13)19(32)29-20(28-18-10-17(30-31-18)21(24,25)26)27-16-7-6-14(23)9-15(16)11-4-5-11/h1-3,6-11H,4-5H2,(H3,27,28,29,30,31,32). The average Bonchev–Trinajstić information content (AvgIpc) is 3.46. The second-order valence-electron chi connectivity index (χ2n) is 7.19. The molecule has 4 rings (SSSR count). The Balaban J connectivity index is 1.66. The molecule has 0 spiro atoms. The zero-order chi connectivity index (χ0) is 22.9. The maximum absolute atomic E-state index is 13.7. The number of nitrogens with one attached hydrogen (secondary N) is 3. The average molecular weight is 449 g/mol. The molecule has 1 fully saturated rings. The van der Waals surface area contributed by atoms with Gasteiger partial charge in [0.15, 0.2) is 5.82 Å². The summed E-state index contributed by atoms with van der Waals surface area (Å²) in [6.07, 6.45) is -2.95. The highest BCUT2D eigenvalue weighted by atomic mass is 19.4. The van der Waals surface area contributed by atoms with Crippen LogP contribution >= 0.6 is 0 Å². The second-order valence-corrected chi connectivity index (χ2v) is 7.19. The number of amides is 1. The van der Waals surface area contributed by atoms with E-state index in [-0.39, 0.29) is 23.3 Å². The first-order valence-corrected chi connectivity index (χ1v) is 9.54. The highest BCUT2D eigenvalue weighted by molar-refractivity contribution is 6.10. The molecule has 166 valence electrons. The summed E-state index contributed by atoms with van der Waals surface area (Å²) < 4.78 is 65.8. The smallest absolute Gasteiger partial charge is 0.325 e. The molecule has 0 unspecified atom stereocenters. The number of nitrogens with zero attached hydrogens (tertiary/aromatic N) is 2. The third-order valence-electron chi connectivity index (χ3n) is 4.70. The fourth-order valence-corrected chi connectivity index (χ4v) is 3.03. The Hall–Kier alpha value is -3.76. The topological polar surface area (TPSA) is 82.2 Å². The van der Waals surface area contributed by atoms with Crippen molar-refractivity contribution in [3.05, 3.63) is 77.0 Å². The number of anilines is 1. The quantitative estimate of drug-likeness (QED) is 0.294. The minimum Gasteiger partial charge on any atom is -0.325 e. The lowest BCUT2D eigenvalue weighted by Crippen LogP contribution is -2.36. The number of hydrogen-bond acceptors (Lipinski definition) is 3. The first-order chi connectivity index (χ1) is 15.2. The number of halogens is 5. The van der Waals surface area contributed by atoms with Crippen LogP contribution in [0, 0.1) is 11.6 Å². The zero-order valence-corrected chi connectivity index (χ0v) is 16.3. The Morgan fingerprint density at radius 2 is 1.81 bits per heavy atom. The van der Waals surface area contributed by atoms with Gasteiger partial charge in [0.1, 0.15) is 17.3 Å². The van der Waals surface area contributed by atoms with Crippen LogP contribution < -0.4 is 10.6 Å². The predicted octanol–water partition coefficient (Wildman–Crippen LogP) is 5.11. The Kier molecular flexibility index (Phi) is 5.64.